The van der Waals surface area contributed by atoms with E-state index in [0.29, 0.717) is 17.5 Å². The molecule has 0 saturated heterocycles. The smallest absolute Gasteiger partial charge is 0.125 e. The Labute approximate surface area is 77.7 Å². The van der Waals surface area contributed by atoms with E-state index in [2.05, 4.69) is 13.8 Å². The van der Waals surface area contributed by atoms with Gasteiger partial charge < -0.3 is 10.2 Å². The number of nitrogens with two attached hydrogens (primary N) is 1. The molecule has 0 atom stereocenters. The zero-order valence-electron chi connectivity index (χ0n) is 7.43. The Morgan fingerprint density at radius 2 is 2.25 bits per heavy atom. The van der Waals surface area contributed by atoms with Crippen molar-refractivity contribution in [2.75, 3.05) is 6.54 Å². The fourth-order valence-electron chi connectivity index (χ4n) is 1.09. The van der Waals surface area contributed by atoms with Crippen LogP contribution in [0.4, 0.5) is 0 Å². The van der Waals surface area contributed by atoms with Gasteiger partial charge in [-0.1, -0.05) is 25.4 Å². The highest BCUT2D eigenvalue weighted by Gasteiger charge is 2.11. The number of hydrogen-bond acceptors (Lipinski definition) is 2. The summed E-state index contributed by atoms with van der Waals surface area (Å²) in [5.74, 6) is 2.08. The van der Waals surface area contributed by atoms with E-state index in [1.165, 1.54) is 0 Å². The van der Waals surface area contributed by atoms with E-state index in [4.69, 9.17) is 21.8 Å². The van der Waals surface area contributed by atoms with Crippen LogP contribution in [0.25, 0.3) is 0 Å². The zero-order chi connectivity index (χ0) is 9.14. The predicted molar refractivity (Wildman–Crippen MR) is 50.6 cm³/mol. The average molecular weight is 188 g/mol. The molecule has 0 bridgehead atoms. The molecule has 0 radical (unpaired) electrons. The molecule has 12 heavy (non-hydrogen) atoms. The summed E-state index contributed by atoms with van der Waals surface area (Å²) < 4.78 is 5.50. The van der Waals surface area contributed by atoms with Crippen molar-refractivity contribution in [3.05, 3.63) is 22.6 Å². The maximum atomic E-state index is 5.94. The van der Waals surface area contributed by atoms with E-state index >= 15 is 0 Å². The summed E-state index contributed by atoms with van der Waals surface area (Å²) in [5, 5.41) is 0.716. The Morgan fingerprint density at radius 3 is 2.67 bits per heavy atom. The summed E-state index contributed by atoms with van der Waals surface area (Å²) in [6, 6.07) is 1.85. The molecule has 0 aliphatic carbocycles. The van der Waals surface area contributed by atoms with Crippen molar-refractivity contribution in [3.63, 3.8) is 0 Å². The summed E-state index contributed by atoms with van der Waals surface area (Å²) in [7, 11) is 0. The first kappa shape index (κ1) is 9.62. The van der Waals surface area contributed by atoms with Crippen molar-refractivity contribution in [3.8, 4) is 0 Å². The van der Waals surface area contributed by atoms with Crippen LogP contribution < -0.4 is 5.73 Å². The van der Waals surface area contributed by atoms with Crippen LogP contribution in [0, 0.1) is 0 Å². The van der Waals surface area contributed by atoms with Crippen molar-refractivity contribution >= 4 is 11.6 Å². The Bertz CT molecular complexity index is 255. The van der Waals surface area contributed by atoms with Gasteiger partial charge in [-0.25, -0.2) is 0 Å². The number of furan rings is 1. The third-order valence-electron chi connectivity index (χ3n) is 1.68. The first-order chi connectivity index (χ1) is 5.65. The van der Waals surface area contributed by atoms with Gasteiger partial charge in [-0.3, -0.25) is 0 Å². The lowest BCUT2D eigenvalue weighted by atomic mass is 10.2. The van der Waals surface area contributed by atoms with Gasteiger partial charge in [0.1, 0.15) is 11.5 Å². The van der Waals surface area contributed by atoms with E-state index in [0.717, 1.165) is 17.9 Å². The third kappa shape index (κ3) is 2.02. The summed E-state index contributed by atoms with van der Waals surface area (Å²) in [4.78, 5) is 0. The molecule has 1 heterocycles. The van der Waals surface area contributed by atoms with Crippen LogP contribution in [-0.4, -0.2) is 6.54 Å². The fraction of sp³-hybridized carbons (Fsp3) is 0.556. The van der Waals surface area contributed by atoms with E-state index in [1.54, 1.807) is 0 Å². The maximum absolute atomic E-state index is 5.94. The molecular weight excluding hydrogens is 174 g/mol. The minimum Gasteiger partial charge on any atom is -0.464 e. The molecule has 68 valence electrons. The van der Waals surface area contributed by atoms with Crippen LogP contribution in [0.5, 0.6) is 0 Å². The van der Waals surface area contributed by atoms with Gasteiger partial charge in [-0.2, -0.15) is 0 Å². The molecule has 2 N–H and O–H groups in total. The highest BCUT2D eigenvalue weighted by molar-refractivity contribution is 6.31. The molecule has 0 unspecified atom stereocenters. The fourth-order valence-corrected chi connectivity index (χ4v) is 1.47. The van der Waals surface area contributed by atoms with E-state index in [1.807, 2.05) is 6.07 Å². The molecule has 0 aromatic carbocycles. The van der Waals surface area contributed by atoms with Crippen LogP contribution in [0.2, 0.25) is 5.02 Å². The van der Waals surface area contributed by atoms with E-state index < -0.39 is 0 Å². The Balaban J connectivity index is 2.85. The Kier molecular flexibility index (Phi) is 3.18. The lowest BCUT2D eigenvalue weighted by molar-refractivity contribution is 0.448. The van der Waals surface area contributed by atoms with Gasteiger partial charge >= 0.3 is 0 Å². The van der Waals surface area contributed by atoms with Crippen molar-refractivity contribution in [1.29, 1.82) is 0 Å². The minimum atomic E-state index is 0.337. The molecule has 1 aromatic rings. The molecule has 0 fully saturated rings. The molecule has 0 aliphatic heterocycles. The summed E-state index contributed by atoms with van der Waals surface area (Å²) in [5.41, 5.74) is 5.39. The van der Waals surface area contributed by atoms with Gasteiger partial charge in [0.25, 0.3) is 0 Å². The van der Waals surface area contributed by atoms with Gasteiger partial charge in [0.2, 0.25) is 0 Å². The van der Waals surface area contributed by atoms with Crippen molar-refractivity contribution < 1.29 is 4.42 Å². The SMILES string of the molecule is CC(C)c1oc(CCN)cc1Cl. The molecule has 0 amide bonds. The molecule has 0 saturated carbocycles. The van der Waals surface area contributed by atoms with Crippen molar-refractivity contribution in [2.45, 2.75) is 26.2 Å². The summed E-state index contributed by atoms with van der Waals surface area (Å²) >= 11 is 5.94. The molecule has 0 spiro atoms. The Hall–Kier alpha value is -0.470. The van der Waals surface area contributed by atoms with Crippen LogP contribution in [-0.2, 0) is 6.42 Å². The lowest BCUT2D eigenvalue weighted by Gasteiger charge is -1.99. The van der Waals surface area contributed by atoms with Crippen molar-refractivity contribution in [2.24, 2.45) is 5.73 Å². The quantitative estimate of drug-likeness (QED) is 0.790. The van der Waals surface area contributed by atoms with E-state index in [9.17, 15) is 0 Å². The Morgan fingerprint density at radius 1 is 1.58 bits per heavy atom. The monoisotopic (exact) mass is 187 g/mol. The number of halogens is 1. The minimum absolute atomic E-state index is 0.337. The predicted octanol–water partition coefficient (Wildman–Crippen LogP) is 2.56. The zero-order valence-corrected chi connectivity index (χ0v) is 8.19. The molecule has 1 rings (SSSR count). The molecule has 1 aromatic heterocycles. The first-order valence-corrected chi connectivity index (χ1v) is 4.51. The maximum Gasteiger partial charge on any atom is 0.125 e. The standard InChI is InChI=1S/C9H14ClNO/c1-6(2)9-8(10)5-7(12-9)3-4-11/h5-6H,3-4,11H2,1-2H3. The number of rotatable bonds is 3. The highest BCUT2D eigenvalue weighted by atomic mass is 35.5. The van der Waals surface area contributed by atoms with Gasteiger partial charge in [0.15, 0.2) is 0 Å². The molecule has 3 heteroatoms. The number of hydrogen-bond donors (Lipinski definition) is 1. The van der Waals surface area contributed by atoms with Gasteiger partial charge in [-0.05, 0) is 12.6 Å². The van der Waals surface area contributed by atoms with Gasteiger partial charge in [-0.15, -0.1) is 0 Å². The van der Waals surface area contributed by atoms with Crippen LogP contribution >= 0.6 is 11.6 Å². The normalized spacial score (nSPS) is 11.1. The van der Waals surface area contributed by atoms with E-state index in [-0.39, 0.29) is 0 Å². The second-order valence-corrected chi connectivity index (χ2v) is 3.53. The largest absolute Gasteiger partial charge is 0.464 e. The molecular formula is C9H14ClNO. The lowest BCUT2D eigenvalue weighted by Crippen LogP contribution is -2.01. The second kappa shape index (κ2) is 3.97. The average Bonchev–Trinajstić information content (AvgIpc) is 2.32. The summed E-state index contributed by atoms with van der Waals surface area (Å²) in [6.45, 7) is 4.70. The van der Waals surface area contributed by atoms with Crippen LogP contribution in [0.15, 0.2) is 10.5 Å². The van der Waals surface area contributed by atoms with Gasteiger partial charge in [0.05, 0.1) is 5.02 Å². The molecule has 0 aliphatic rings. The summed E-state index contributed by atoms with van der Waals surface area (Å²) in [6.07, 6.45) is 0.756. The highest BCUT2D eigenvalue weighted by Crippen LogP contribution is 2.27. The van der Waals surface area contributed by atoms with Crippen LogP contribution in [0.3, 0.4) is 0 Å². The first-order valence-electron chi connectivity index (χ1n) is 4.13. The molecule has 2 nitrogen and oxygen atoms in total. The van der Waals surface area contributed by atoms with Crippen LogP contribution in [0.1, 0.15) is 31.3 Å². The van der Waals surface area contributed by atoms with Crippen molar-refractivity contribution in [1.82, 2.24) is 0 Å². The topological polar surface area (TPSA) is 39.2 Å². The van der Waals surface area contributed by atoms with Gasteiger partial charge in [0, 0.05) is 12.3 Å². The third-order valence-corrected chi connectivity index (χ3v) is 1.97. The second-order valence-electron chi connectivity index (χ2n) is 3.12.